The summed E-state index contributed by atoms with van der Waals surface area (Å²) in [5.41, 5.74) is 1.38. The number of nitrogens with one attached hydrogen (secondary N) is 2. The number of rotatable bonds is 3. The number of aromatic nitrogens is 1. The topological polar surface area (TPSA) is 97.2 Å². The van der Waals surface area contributed by atoms with E-state index in [0.717, 1.165) is 0 Å². The Labute approximate surface area is 126 Å². The van der Waals surface area contributed by atoms with Gasteiger partial charge in [0.25, 0.3) is 5.69 Å². The lowest BCUT2D eigenvalue weighted by molar-refractivity contribution is -0.384. The third-order valence-corrected chi connectivity index (χ3v) is 3.78. The normalized spacial score (nSPS) is 15.1. The molecular weight excluding hydrogens is 284 g/mol. The predicted octanol–water partition coefficient (Wildman–Crippen LogP) is 2.96. The second-order valence-electron chi connectivity index (χ2n) is 5.61. The average Bonchev–Trinajstić information content (AvgIpc) is 2.69. The number of carbonyl (C=O) groups is 1. The second-order valence-corrected chi connectivity index (χ2v) is 5.61. The standard InChI is InChI=1S/C15H14N4O3/c1-15(2)10-7-13(19(21)22)12(8-11(10)18-14(15)20)17-9-3-5-16-6-4-9/h3-8H,1-2H3,(H,16,17)(H,18,20). The van der Waals surface area contributed by atoms with E-state index in [9.17, 15) is 14.9 Å². The smallest absolute Gasteiger partial charge is 0.293 e. The minimum absolute atomic E-state index is 0.0693. The highest BCUT2D eigenvalue weighted by atomic mass is 16.6. The van der Waals surface area contributed by atoms with Crippen molar-refractivity contribution in [3.63, 3.8) is 0 Å². The molecule has 1 aromatic carbocycles. The number of fused-ring (bicyclic) bond motifs is 1. The molecule has 0 spiro atoms. The molecule has 0 fully saturated rings. The number of nitro groups is 1. The van der Waals surface area contributed by atoms with E-state index in [2.05, 4.69) is 15.6 Å². The first-order valence-electron chi connectivity index (χ1n) is 6.71. The van der Waals surface area contributed by atoms with Gasteiger partial charge in [0.2, 0.25) is 5.91 Å². The SMILES string of the molecule is CC1(C)C(=O)Nc2cc(Nc3ccncc3)c([N+](=O)[O-])cc21. The van der Waals surface area contributed by atoms with Crippen molar-refractivity contribution in [1.29, 1.82) is 0 Å². The molecule has 0 unspecified atom stereocenters. The fourth-order valence-electron chi connectivity index (χ4n) is 2.45. The lowest BCUT2D eigenvalue weighted by Gasteiger charge is -2.15. The first kappa shape index (κ1) is 14.0. The van der Waals surface area contributed by atoms with Gasteiger partial charge in [0, 0.05) is 29.8 Å². The van der Waals surface area contributed by atoms with Gasteiger partial charge in [-0.1, -0.05) is 0 Å². The van der Waals surface area contributed by atoms with Crippen LogP contribution in [-0.4, -0.2) is 15.8 Å². The zero-order chi connectivity index (χ0) is 15.9. The van der Waals surface area contributed by atoms with Crippen LogP contribution in [0.15, 0.2) is 36.7 Å². The number of amides is 1. The van der Waals surface area contributed by atoms with Crippen LogP contribution in [0.2, 0.25) is 0 Å². The highest BCUT2D eigenvalue weighted by Gasteiger charge is 2.40. The molecule has 0 saturated carbocycles. The van der Waals surface area contributed by atoms with Crippen molar-refractivity contribution in [2.75, 3.05) is 10.6 Å². The minimum Gasteiger partial charge on any atom is -0.350 e. The molecule has 0 radical (unpaired) electrons. The molecule has 2 heterocycles. The fraction of sp³-hybridized carbons (Fsp3) is 0.200. The van der Waals surface area contributed by atoms with E-state index in [1.165, 1.54) is 6.07 Å². The van der Waals surface area contributed by atoms with Crippen molar-refractivity contribution >= 4 is 28.7 Å². The van der Waals surface area contributed by atoms with Crippen LogP contribution in [0, 0.1) is 10.1 Å². The van der Waals surface area contributed by atoms with E-state index in [1.54, 1.807) is 44.4 Å². The summed E-state index contributed by atoms with van der Waals surface area (Å²) in [7, 11) is 0. The van der Waals surface area contributed by atoms with Crippen LogP contribution in [0.3, 0.4) is 0 Å². The molecule has 1 aliphatic heterocycles. The second kappa shape index (κ2) is 4.80. The number of anilines is 3. The maximum atomic E-state index is 12.0. The van der Waals surface area contributed by atoms with Crippen molar-refractivity contribution in [3.05, 3.63) is 52.3 Å². The lowest BCUT2D eigenvalue weighted by Crippen LogP contribution is -2.26. The van der Waals surface area contributed by atoms with Crippen LogP contribution in [0.1, 0.15) is 19.4 Å². The Hall–Kier alpha value is -2.96. The van der Waals surface area contributed by atoms with Gasteiger partial charge in [-0.25, -0.2) is 0 Å². The molecule has 0 atom stereocenters. The van der Waals surface area contributed by atoms with Gasteiger partial charge in [-0.3, -0.25) is 19.9 Å². The van der Waals surface area contributed by atoms with E-state index in [-0.39, 0.29) is 11.6 Å². The summed E-state index contributed by atoms with van der Waals surface area (Å²) < 4.78 is 0. The van der Waals surface area contributed by atoms with Gasteiger partial charge in [-0.05, 0) is 37.6 Å². The third kappa shape index (κ3) is 2.16. The van der Waals surface area contributed by atoms with Gasteiger partial charge in [-0.2, -0.15) is 0 Å². The maximum Gasteiger partial charge on any atom is 0.293 e. The van der Waals surface area contributed by atoms with E-state index in [0.29, 0.717) is 22.6 Å². The number of benzene rings is 1. The number of nitro benzene ring substituents is 1. The van der Waals surface area contributed by atoms with Gasteiger partial charge in [-0.15, -0.1) is 0 Å². The molecule has 1 aliphatic rings. The molecule has 0 bridgehead atoms. The molecule has 1 aromatic heterocycles. The number of pyridine rings is 1. The third-order valence-electron chi connectivity index (χ3n) is 3.78. The van der Waals surface area contributed by atoms with Crippen LogP contribution >= 0.6 is 0 Å². The van der Waals surface area contributed by atoms with Gasteiger partial charge < -0.3 is 10.6 Å². The van der Waals surface area contributed by atoms with E-state index in [4.69, 9.17) is 0 Å². The van der Waals surface area contributed by atoms with Crippen molar-refractivity contribution in [3.8, 4) is 0 Å². The first-order chi connectivity index (χ1) is 10.4. The summed E-state index contributed by atoms with van der Waals surface area (Å²) in [6, 6.07) is 6.47. The molecule has 0 saturated heterocycles. The number of hydrogen-bond donors (Lipinski definition) is 2. The molecule has 2 N–H and O–H groups in total. The predicted molar refractivity (Wildman–Crippen MR) is 82.3 cm³/mol. The Balaban J connectivity index is 2.10. The molecule has 112 valence electrons. The van der Waals surface area contributed by atoms with Gasteiger partial charge in [0.15, 0.2) is 0 Å². The van der Waals surface area contributed by atoms with Crippen molar-refractivity contribution in [2.24, 2.45) is 0 Å². The number of carbonyl (C=O) groups excluding carboxylic acids is 1. The molecule has 1 amide bonds. The molecule has 3 rings (SSSR count). The number of nitrogens with zero attached hydrogens (tertiary/aromatic N) is 2. The minimum atomic E-state index is -0.782. The zero-order valence-electron chi connectivity index (χ0n) is 12.1. The summed E-state index contributed by atoms with van der Waals surface area (Å²) in [6.45, 7) is 3.49. The largest absolute Gasteiger partial charge is 0.350 e. The molecule has 7 heteroatoms. The van der Waals surface area contributed by atoms with E-state index >= 15 is 0 Å². The van der Waals surface area contributed by atoms with Crippen LogP contribution in [0.4, 0.5) is 22.7 Å². The van der Waals surface area contributed by atoms with Crippen LogP contribution in [-0.2, 0) is 10.2 Å². The van der Waals surface area contributed by atoms with Crippen molar-refractivity contribution in [2.45, 2.75) is 19.3 Å². The monoisotopic (exact) mass is 298 g/mol. The van der Waals surface area contributed by atoms with Crippen LogP contribution < -0.4 is 10.6 Å². The Kier molecular flexibility index (Phi) is 3.05. The quantitative estimate of drug-likeness (QED) is 0.670. The molecule has 7 nitrogen and oxygen atoms in total. The van der Waals surface area contributed by atoms with Crippen LogP contribution in [0.25, 0.3) is 0 Å². The summed E-state index contributed by atoms with van der Waals surface area (Å²) in [5, 5.41) is 17.1. The average molecular weight is 298 g/mol. The lowest BCUT2D eigenvalue weighted by atomic mass is 9.86. The highest BCUT2D eigenvalue weighted by Crippen LogP contribution is 2.43. The summed E-state index contributed by atoms with van der Waals surface area (Å²) >= 11 is 0. The molecule has 0 aliphatic carbocycles. The number of hydrogen-bond acceptors (Lipinski definition) is 5. The highest BCUT2D eigenvalue weighted by molar-refractivity contribution is 6.06. The zero-order valence-corrected chi connectivity index (χ0v) is 12.1. The Morgan fingerprint density at radius 3 is 2.59 bits per heavy atom. The summed E-state index contributed by atoms with van der Waals surface area (Å²) in [5.74, 6) is -0.169. The summed E-state index contributed by atoms with van der Waals surface area (Å²) in [4.78, 5) is 26.8. The van der Waals surface area contributed by atoms with Gasteiger partial charge in [0.05, 0.1) is 10.3 Å². The van der Waals surface area contributed by atoms with Gasteiger partial charge in [0.1, 0.15) is 5.69 Å². The summed E-state index contributed by atoms with van der Waals surface area (Å²) in [6.07, 6.45) is 3.18. The molecule has 2 aromatic rings. The Morgan fingerprint density at radius 1 is 1.27 bits per heavy atom. The van der Waals surface area contributed by atoms with E-state index < -0.39 is 10.3 Å². The van der Waals surface area contributed by atoms with E-state index in [1.807, 2.05) is 0 Å². The molecular formula is C15H14N4O3. The van der Waals surface area contributed by atoms with Crippen LogP contribution in [0.5, 0.6) is 0 Å². The Bertz CT molecular complexity index is 772. The van der Waals surface area contributed by atoms with Crippen molar-refractivity contribution in [1.82, 2.24) is 4.98 Å². The first-order valence-corrected chi connectivity index (χ1v) is 6.71. The fourth-order valence-corrected chi connectivity index (χ4v) is 2.45. The molecule has 22 heavy (non-hydrogen) atoms. The Morgan fingerprint density at radius 2 is 1.95 bits per heavy atom. The van der Waals surface area contributed by atoms with Crippen molar-refractivity contribution < 1.29 is 9.72 Å². The van der Waals surface area contributed by atoms with Gasteiger partial charge >= 0.3 is 0 Å². The maximum absolute atomic E-state index is 12.0.